The average Bonchev–Trinajstić information content (AvgIpc) is 2.41. The molecule has 0 aliphatic heterocycles. The minimum Gasteiger partial charge on any atom is -0.493 e. The molecule has 3 heteroatoms. The lowest BCUT2D eigenvalue weighted by atomic mass is 10.1. The third kappa shape index (κ3) is 3.03. The molecule has 1 heterocycles. The van der Waals surface area contributed by atoms with E-state index < -0.39 is 0 Å². The molecule has 1 radical (unpaired) electrons. The second kappa shape index (κ2) is 5.99. The Hall–Kier alpha value is -1.90. The van der Waals surface area contributed by atoms with Crippen LogP contribution in [0, 0.1) is 6.33 Å². The fourth-order valence-corrected chi connectivity index (χ4v) is 1.54. The Morgan fingerprint density at radius 1 is 1.24 bits per heavy atom. The van der Waals surface area contributed by atoms with Crippen molar-refractivity contribution in [2.45, 2.75) is 19.8 Å². The number of ether oxygens (including phenoxy) is 1. The Morgan fingerprint density at radius 3 is 2.88 bits per heavy atom. The van der Waals surface area contributed by atoms with Gasteiger partial charge in [0.05, 0.1) is 12.3 Å². The second-order valence-corrected chi connectivity index (χ2v) is 3.74. The molecule has 0 saturated heterocycles. The molecule has 1 aromatic carbocycles. The van der Waals surface area contributed by atoms with E-state index in [9.17, 15) is 0 Å². The molecule has 17 heavy (non-hydrogen) atoms. The number of hydrogen-bond donors (Lipinski definition) is 0. The molecular formula is C14H15N2O. The van der Waals surface area contributed by atoms with Gasteiger partial charge in [-0.05, 0) is 24.6 Å². The molecule has 0 atom stereocenters. The summed E-state index contributed by atoms with van der Waals surface area (Å²) in [6.45, 7) is 2.89. The smallest absolute Gasteiger partial charge is 0.198 e. The maximum absolute atomic E-state index is 5.76. The summed E-state index contributed by atoms with van der Waals surface area (Å²) in [4.78, 5) is 7.92. The molecule has 0 N–H and O–H groups in total. The molecule has 0 spiro atoms. The van der Waals surface area contributed by atoms with Crippen molar-refractivity contribution in [1.29, 1.82) is 0 Å². The fraction of sp³-hybridized carbons (Fsp3) is 0.286. The molecule has 2 rings (SSSR count). The van der Waals surface area contributed by atoms with Crippen LogP contribution < -0.4 is 4.74 Å². The van der Waals surface area contributed by atoms with Crippen molar-refractivity contribution in [1.82, 2.24) is 9.97 Å². The summed E-state index contributed by atoms with van der Waals surface area (Å²) in [7, 11) is 0. The first-order chi connectivity index (χ1) is 8.42. The highest BCUT2D eigenvalue weighted by Crippen LogP contribution is 2.27. The van der Waals surface area contributed by atoms with Crippen LogP contribution in [0.4, 0.5) is 0 Å². The van der Waals surface area contributed by atoms with E-state index in [1.165, 1.54) is 0 Å². The van der Waals surface area contributed by atoms with Crippen LogP contribution in [0.3, 0.4) is 0 Å². The van der Waals surface area contributed by atoms with Gasteiger partial charge in [-0.3, -0.25) is 0 Å². The lowest BCUT2D eigenvalue weighted by Crippen LogP contribution is -1.98. The minimum atomic E-state index is 0.738. The van der Waals surface area contributed by atoms with Gasteiger partial charge >= 0.3 is 0 Å². The van der Waals surface area contributed by atoms with Crippen molar-refractivity contribution in [2.75, 3.05) is 6.61 Å². The molecule has 0 aliphatic rings. The number of aromatic nitrogens is 2. The summed E-state index contributed by atoms with van der Waals surface area (Å²) in [6.07, 6.45) is 6.47. The highest BCUT2D eigenvalue weighted by atomic mass is 16.5. The van der Waals surface area contributed by atoms with Gasteiger partial charge in [-0.2, -0.15) is 0 Å². The van der Waals surface area contributed by atoms with E-state index in [0.717, 1.165) is 36.5 Å². The quantitative estimate of drug-likeness (QED) is 0.736. The van der Waals surface area contributed by atoms with Crippen LogP contribution in [0.25, 0.3) is 11.3 Å². The second-order valence-electron chi connectivity index (χ2n) is 3.74. The number of unbranched alkanes of at least 4 members (excludes halogenated alkanes) is 1. The summed E-state index contributed by atoms with van der Waals surface area (Å²) >= 11 is 0. The molecule has 3 nitrogen and oxygen atoms in total. The topological polar surface area (TPSA) is 35.0 Å². The standard InChI is InChI=1S/C14H15N2O/c1-2-3-10-17-14-7-5-4-6-12(14)13-8-9-15-11-16-13/h4-9H,2-3,10H2,1H3. The first kappa shape index (κ1) is 11.6. The number of benzene rings is 1. The molecule has 0 fully saturated rings. The Kier molecular flexibility index (Phi) is 4.08. The molecule has 0 bridgehead atoms. The van der Waals surface area contributed by atoms with Gasteiger partial charge in [-0.25, -0.2) is 9.97 Å². The summed E-state index contributed by atoms with van der Waals surface area (Å²) in [5, 5.41) is 0. The van der Waals surface area contributed by atoms with Gasteiger partial charge < -0.3 is 4.74 Å². The Morgan fingerprint density at radius 2 is 2.12 bits per heavy atom. The Balaban J connectivity index is 2.22. The Bertz CT molecular complexity index is 457. The predicted molar refractivity (Wildman–Crippen MR) is 66.7 cm³/mol. The van der Waals surface area contributed by atoms with Crippen molar-refractivity contribution in [3.05, 3.63) is 42.9 Å². The fourth-order valence-electron chi connectivity index (χ4n) is 1.54. The van der Waals surface area contributed by atoms with Crippen molar-refractivity contribution in [3.63, 3.8) is 0 Å². The van der Waals surface area contributed by atoms with Crippen LogP contribution in [0.2, 0.25) is 0 Å². The number of hydrogen-bond acceptors (Lipinski definition) is 3. The van der Waals surface area contributed by atoms with E-state index in [-0.39, 0.29) is 0 Å². The summed E-state index contributed by atoms with van der Waals surface area (Å²) in [5.74, 6) is 0.869. The SMILES string of the molecule is CCCCOc1ccccc1-c1ccn[c]n1. The maximum atomic E-state index is 5.76. The zero-order chi connectivity index (χ0) is 11.9. The monoisotopic (exact) mass is 227 g/mol. The minimum absolute atomic E-state index is 0.738. The zero-order valence-electron chi connectivity index (χ0n) is 9.89. The Labute approximate surface area is 102 Å². The van der Waals surface area contributed by atoms with E-state index >= 15 is 0 Å². The zero-order valence-corrected chi connectivity index (χ0v) is 9.89. The normalized spacial score (nSPS) is 10.2. The van der Waals surface area contributed by atoms with Crippen LogP contribution in [0.15, 0.2) is 36.5 Å². The van der Waals surface area contributed by atoms with E-state index in [1.54, 1.807) is 6.20 Å². The molecule has 0 aliphatic carbocycles. The van der Waals surface area contributed by atoms with Crippen molar-refractivity contribution in [3.8, 4) is 17.0 Å². The van der Waals surface area contributed by atoms with Crippen LogP contribution >= 0.6 is 0 Å². The van der Waals surface area contributed by atoms with Gasteiger partial charge in [0.1, 0.15) is 5.75 Å². The van der Waals surface area contributed by atoms with Crippen molar-refractivity contribution >= 4 is 0 Å². The lowest BCUT2D eigenvalue weighted by Gasteiger charge is -2.10. The molecular weight excluding hydrogens is 212 g/mol. The highest BCUT2D eigenvalue weighted by molar-refractivity contribution is 5.66. The third-order valence-electron chi connectivity index (χ3n) is 2.45. The average molecular weight is 227 g/mol. The van der Waals surface area contributed by atoms with Crippen molar-refractivity contribution < 1.29 is 4.74 Å². The number of para-hydroxylation sites is 1. The number of nitrogens with zero attached hydrogens (tertiary/aromatic N) is 2. The largest absolute Gasteiger partial charge is 0.493 e. The summed E-state index contributed by atoms with van der Waals surface area (Å²) < 4.78 is 5.76. The van der Waals surface area contributed by atoms with Gasteiger partial charge in [0.2, 0.25) is 0 Å². The van der Waals surface area contributed by atoms with Crippen LogP contribution in [-0.4, -0.2) is 16.6 Å². The lowest BCUT2D eigenvalue weighted by molar-refractivity contribution is 0.310. The van der Waals surface area contributed by atoms with Crippen molar-refractivity contribution in [2.24, 2.45) is 0 Å². The van der Waals surface area contributed by atoms with E-state index in [4.69, 9.17) is 4.74 Å². The van der Waals surface area contributed by atoms with Gasteiger partial charge in [0.25, 0.3) is 0 Å². The molecule has 1 aromatic heterocycles. The maximum Gasteiger partial charge on any atom is 0.198 e. The first-order valence-corrected chi connectivity index (χ1v) is 5.83. The van der Waals surface area contributed by atoms with E-state index in [1.807, 2.05) is 30.3 Å². The van der Waals surface area contributed by atoms with Crippen LogP contribution in [0.5, 0.6) is 5.75 Å². The molecule has 0 unspecified atom stereocenters. The third-order valence-corrected chi connectivity index (χ3v) is 2.45. The summed E-state index contributed by atoms with van der Waals surface area (Å²) in [6, 6.07) is 9.77. The van der Waals surface area contributed by atoms with E-state index in [2.05, 4.69) is 23.2 Å². The van der Waals surface area contributed by atoms with Gasteiger partial charge in [0.15, 0.2) is 6.33 Å². The molecule has 87 valence electrons. The molecule has 2 aromatic rings. The van der Waals surface area contributed by atoms with Crippen LogP contribution in [0.1, 0.15) is 19.8 Å². The predicted octanol–water partition coefficient (Wildman–Crippen LogP) is 3.12. The molecule has 0 saturated carbocycles. The van der Waals surface area contributed by atoms with Gasteiger partial charge in [-0.1, -0.05) is 25.5 Å². The number of rotatable bonds is 5. The van der Waals surface area contributed by atoms with Crippen LogP contribution in [-0.2, 0) is 0 Å². The first-order valence-electron chi connectivity index (χ1n) is 5.83. The van der Waals surface area contributed by atoms with E-state index in [0.29, 0.717) is 0 Å². The molecule has 0 amide bonds. The summed E-state index contributed by atoms with van der Waals surface area (Å²) in [5.41, 5.74) is 1.83. The van der Waals surface area contributed by atoms with Gasteiger partial charge in [0, 0.05) is 11.8 Å². The van der Waals surface area contributed by atoms with Gasteiger partial charge in [-0.15, -0.1) is 0 Å². The highest BCUT2D eigenvalue weighted by Gasteiger charge is 2.06.